The summed E-state index contributed by atoms with van der Waals surface area (Å²) >= 11 is 0. The molecule has 0 saturated heterocycles. The van der Waals surface area contributed by atoms with Crippen LogP contribution in [0.15, 0.2) is 42.5 Å². The third-order valence-corrected chi connectivity index (χ3v) is 3.04. The number of hydrogen-bond donors (Lipinski definition) is 3. The highest BCUT2D eigenvalue weighted by molar-refractivity contribution is 6.39. The van der Waals surface area contributed by atoms with Crippen LogP contribution in [0.5, 0.6) is 5.75 Å². The van der Waals surface area contributed by atoms with Crippen molar-refractivity contribution in [3.05, 3.63) is 59.7 Å². The highest BCUT2D eigenvalue weighted by Crippen LogP contribution is 2.17. The molecule has 0 spiro atoms. The Labute approximate surface area is 130 Å². The smallest absolute Gasteiger partial charge is 0.313 e. The number of anilines is 1. The van der Waals surface area contributed by atoms with Crippen LogP contribution >= 0.6 is 0 Å². The fourth-order valence-electron chi connectivity index (χ4n) is 1.85. The second-order valence-electron chi connectivity index (χ2n) is 4.72. The SMILES string of the molecule is O=C(NCCc1ccc(O)cc1)C(=O)Nc1c(F)cccc1F. The Morgan fingerprint density at radius 3 is 2.17 bits per heavy atom. The molecule has 3 N–H and O–H groups in total. The number of carbonyl (C=O) groups is 2. The van der Waals surface area contributed by atoms with Crippen LogP contribution in [-0.2, 0) is 16.0 Å². The minimum atomic E-state index is -1.15. The average Bonchev–Trinajstić information content (AvgIpc) is 2.52. The first-order valence-corrected chi connectivity index (χ1v) is 6.78. The van der Waals surface area contributed by atoms with E-state index in [0.717, 1.165) is 23.8 Å². The van der Waals surface area contributed by atoms with Crippen molar-refractivity contribution in [2.45, 2.75) is 6.42 Å². The van der Waals surface area contributed by atoms with Crippen molar-refractivity contribution in [3.63, 3.8) is 0 Å². The maximum absolute atomic E-state index is 13.4. The van der Waals surface area contributed by atoms with E-state index < -0.39 is 29.1 Å². The van der Waals surface area contributed by atoms with E-state index >= 15 is 0 Å². The normalized spacial score (nSPS) is 10.2. The summed E-state index contributed by atoms with van der Waals surface area (Å²) < 4.78 is 26.7. The number of phenolic OH excluding ortho intramolecular Hbond substituents is 1. The van der Waals surface area contributed by atoms with E-state index in [9.17, 15) is 18.4 Å². The molecule has 0 aliphatic heterocycles. The Kier molecular flexibility index (Phi) is 5.24. The Morgan fingerprint density at radius 1 is 0.957 bits per heavy atom. The first kappa shape index (κ1) is 16.4. The number of para-hydroxylation sites is 1. The van der Waals surface area contributed by atoms with Crippen LogP contribution < -0.4 is 10.6 Å². The molecular weight excluding hydrogens is 306 g/mol. The molecule has 0 aliphatic rings. The first-order chi connectivity index (χ1) is 11.0. The molecule has 120 valence electrons. The van der Waals surface area contributed by atoms with Crippen LogP contribution in [0.3, 0.4) is 0 Å². The van der Waals surface area contributed by atoms with Gasteiger partial charge in [0.15, 0.2) is 0 Å². The van der Waals surface area contributed by atoms with Crippen LogP contribution in [0, 0.1) is 11.6 Å². The van der Waals surface area contributed by atoms with Crippen LogP contribution in [-0.4, -0.2) is 23.5 Å². The minimum Gasteiger partial charge on any atom is -0.508 e. The fraction of sp³-hybridized carbons (Fsp3) is 0.125. The topological polar surface area (TPSA) is 78.4 Å². The zero-order valence-corrected chi connectivity index (χ0v) is 12.0. The van der Waals surface area contributed by atoms with Gasteiger partial charge in [-0.15, -0.1) is 0 Å². The van der Waals surface area contributed by atoms with Crippen molar-refractivity contribution in [3.8, 4) is 5.75 Å². The molecule has 0 saturated carbocycles. The Hall–Kier alpha value is -2.96. The molecule has 0 fully saturated rings. The van der Waals surface area contributed by atoms with Crippen molar-refractivity contribution in [2.75, 3.05) is 11.9 Å². The predicted octanol–water partition coefficient (Wildman–Crippen LogP) is 1.97. The minimum absolute atomic E-state index is 0.129. The van der Waals surface area contributed by atoms with Gasteiger partial charge in [-0.1, -0.05) is 18.2 Å². The van der Waals surface area contributed by atoms with Crippen LogP contribution in [0.4, 0.5) is 14.5 Å². The standard InChI is InChI=1S/C16H14F2N2O3/c17-12-2-1-3-13(18)14(12)20-16(23)15(22)19-9-8-10-4-6-11(21)7-5-10/h1-7,21H,8-9H2,(H,19,22)(H,20,23). The van der Waals surface area contributed by atoms with Gasteiger partial charge in [-0.25, -0.2) is 8.78 Å². The number of aromatic hydroxyl groups is 1. The largest absolute Gasteiger partial charge is 0.508 e. The second kappa shape index (κ2) is 7.35. The summed E-state index contributed by atoms with van der Waals surface area (Å²) in [6.45, 7) is 0.163. The molecule has 0 aromatic heterocycles. The number of carbonyl (C=O) groups excluding carboxylic acids is 2. The van der Waals surface area contributed by atoms with Gasteiger partial charge in [-0.2, -0.15) is 0 Å². The summed E-state index contributed by atoms with van der Waals surface area (Å²) in [5, 5.41) is 13.4. The third kappa shape index (κ3) is 4.50. The molecule has 0 unspecified atom stereocenters. The van der Waals surface area contributed by atoms with Gasteiger partial charge in [-0.3, -0.25) is 9.59 Å². The van der Waals surface area contributed by atoms with Crippen molar-refractivity contribution in [2.24, 2.45) is 0 Å². The van der Waals surface area contributed by atoms with Gasteiger partial charge in [0, 0.05) is 6.54 Å². The van der Waals surface area contributed by atoms with Gasteiger partial charge < -0.3 is 15.7 Å². The van der Waals surface area contributed by atoms with Gasteiger partial charge in [0.1, 0.15) is 23.1 Å². The molecule has 23 heavy (non-hydrogen) atoms. The molecule has 0 atom stereocenters. The second-order valence-corrected chi connectivity index (χ2v) is 4.72. The Morgan fingerprint density at radius 2 is 1.57 bits per heavy atom. The average molecular weight is 320 g/mol. The molecule has 0 bridgehead atoms. The summed E-state index contributed by atoms with van der Waals surface area (Å²) in [6.07, 6.45) is 0.438. The number of rotatable bonds is 4. The van der Waals surface area contributed by atoms with Crippen molar-refractivity contribution >= 4 is 17.5 Å². The van der Waals surface area contributed by atoms with E-state index in [1.54, 1.807) is 12.1 Å². The number of nitrogens with one attached hydrogen (secondary N) is 2. The number of halogens is 2. The number of hydrogen-bond acceptors (Lipinski definition) is 3. The van der Waals surface area contributed by atoms with Crippen LogP contribution in [0.2, 0.25) is 0 Å². The molecular formula is C16H14F2N2O3. The Bertz CT molecular complexity index is 698. The third-order valence-electron chi connectivity index (χ3n) is 3.04. The molecule has 2 rings (SSSR count). The maximum atomic E-state index is 13.4. The first-order valence-electron chi connectivity index (χ1n) is 6.78. The van der Waals surface area contributed by atoms with E-state index in [1.807, 2.05) is 5.32 Å². The van der Waals surface area contributed by atoms with E-state index in [2.05, 4.69) is 5.32 Å². The molecule has 7 heteroatoms. The maximum Gasteiger partial charge on any atom is 0.313 e. The summed E-state index contributed by atoms with van der Waals surface area (Å²) in [5.74, 6) is -3.94. The lowest BCUT2D eigenvalue weighted by atomic mass is 10.1. The van der Waals surface area contributed by atoms with Crippen molar-refractivity contribution < 1.29 is 23.5 Å². The molecule has 5 nitrogen and oxygen atoms in total. The lowest BCUT2D eigenvalue weighted by Crippen LogP contribution is -2.36. The summed E-state index contributed by atoms with van der Waals surface area (Å²) in [5.41, 5.74) is 0.190. The molecule has 2 aromatic carbocycles. The molecule has 0 radical (unpaired) electrons. The zero-order valence-electron chi connectivity index (χ0n) is 12.0. The van der Waals surface area contributed by atoms with Gasteiger partial charge in [-0.05, 0) is 36.2 Å². The van der Waals surface area contributed by atoms with E-state index in [0.29, 0.717) is 6.42 Å². The lowest BCUT2D eigenvalue weighted by molar-refractivity contribution is -0.136. The number of amides is 2. The van der Waals surface area contributed by atoms with E-state index in [1.165, 1.54) is 12.1 Å². The number of benzene rings is 2. The molecule has 2 aromatic rings. The molecule has 0 heterocycles. The highest BCUT2D eigenvalue weighted by atomic mass is 19.1. The van der Waals surface area contributed by atoms with E-state index in [-0.39, 0.29) is 12.3 Å². The predicted molar refractivity (Wildman–Crippen MR) is 79.8 cm³/mol. The van der Waals surface area contributed by atoms with Crippen LogP contribution in [0.25, 0.3) is 0 Å². The number of phenols is 1. The van der Waals surface area contributed by atoms with Gasteiger partial charge in [0.2, 0.25) is 0 Å². The van der Waals surface area contributed by atoms with E-state index in [4.69, 9.17) is 5.11 Å². The Balaban J connectivity index is 1.85. The van der Waals surface area contributed by atoms with Gasteiger partial charge in [0.05, 0.1) is 0 Å². The van der Waals surface area contributed by atoms with Gasteiger partial charge >= 0.3 is 11.8 Å². The quantitative estimate of drug-likeness (QED) is 0.754. The van der Waals surface area contributed by atoms with Crippen molar-refractivity contribution in [1.29, 1.82) is 0 Å². The van der Waals surface area contributed by atoms with Crippen molar-refractivity contribution in [1.82, 2.24) is 5.32 Å². The zero-order chi connectivity index (χ0) is 16.8. The molecule has 2 amide bonds. The highest BCUT2D eigenvalue weighted by Gasteiger charge is 2.17. The van der Waals surface area contributed by atoms with Gasteiger partial charge in [0.25, 0.3) is 0 Å². The fourth-order valence-corrected chi connectivity index (χ4v) is 1.85. The molecule has 0 aliphatic carbocycles. The monoisotopic (exact) mass is 320 g/mol. The lowest BCUT2D eigenvalue weighted by Gasteiger charge is -2.08. The summed E-state index contributed by atoms with van der Waals surface area (Å²) in [7, 11) is 0. The van der Waals surface area contributed by atoms with Crippen LogP contribution in [0.1, 0.15) is 5.56 Å². The summed E-state index contributed by atoms with van der Waals surface area (Å²) in [6, 6.07) is 9.46. The summed E-state index contributed by atoms with van der Waals surface area (Å²) in [4.78, 5) is 23.2.